The van der Waals surface area contributed by atoms with Gasteiger partial charge in [-0.05, 0) is 47.6 Å². The van der Waals surface area contributed by atoms with Crippen LogP contribution in [0.2, 0.25) is 0 Å². The second kappa shape index (κ2) is 8.45. The molecule has 0 saturated heterocycles. The molecular weight excluding hydrogens is 320 g/mol. The van der Waals surface area contributed by atoms with Gasteiger partial charge < -0.3 is 10.6 Å². The van der Waals surface area contributed by atoms with Crippen molar-refractivity contribution in [3.63, 3.8) is 0 Å². The van der Waals surface area contributed by atoms with Crippen molar-refractivity contribution >= 4 is 11.7 Å². The van der Waals surface area contributed by atoms with E-state index in [1.54, 1.807) is 0 Å². The fraction of sp³-hybridized carbons (Fsp3) is 0.696. The Morgan fingerprint density at radius 2 is 1.54 bits per heavy atom. The van der Waals surface area contributed by atoms with Gasteiger partial charge in [-0.25, -0.2) is 4.79 Å². The predicted molar refractivity (Wildman–Crippen MR) is 110 cm³/mol. The molecule has 2 N–H and O–H groups in total. The molecule has 0 aromatic heterocycles. The lowest BCUT2D eigenvalue weighted by atomic mass is 9.68. The Morgan fingerprint density at radius 1 is 0.923 bits per heavy atom. The number of anilines is 1. The van der Waals surface area contributed by atoms with Crippen molar-refractivity contribution in [3.05, 3.63) is 29.3 Å². The molecular formula is C23H36N2O. The van der Waals surface area contributed by atoms with Gasteiger partial charge >= 0.3 is 6.03 Å². The maximum absolute atomic E-state index is 12.9. The minimum atomic E-state index is -0.0174. The summed E-state index contributed by atoms with van der Waals surface area (Å²) < 4.78 is 0. The number of carbonyl (C=O) groups is 1. The quantitative estimate of drug-likeness (QED) is 0.642. The largest absolute Gasteiger partial charge is 0.335 e. The topological polar surface area (TPSA) is 41.1 Å². The molecule has 3 nitrogen and oxygen atoms in total. The molecule has 3 rings (SSSR count). The molecule has 2 aliphatic rings. The Morgan fingerprint density at radius 3 is 2.19 bits per heavy atom. The van der Waals surface area contributed by atoms with Gasteiger partial charge in [0.15, 0.2) is 0 Å². The molecule has 0 aliphatic heterocycles. The summed E-state index contributed by atoms with van der Waals surface area (Å²) in [5, 5.41) is 6.58. The third-order valence-corrected chi connectivity index (χ3v) is 6.50. The van der Waals surface area contributed by atoms with E-state index < -0.39 is 0 Å². The maximum Gasteiger partial charge on any atom is 0.319 e. The van der Waals surface area contributed by atoms with Crippen LogP contribution in [0.3, 0.4) is 0 Å². The van der Waals surface area contributed by atoms with Gasteiger partial charge in [-0.15, -0.1) is 0 Å². The number of nitrogens with one attached hydrogen (secondary N) is 2. The summed E-state index contributed by atoms with van der Waals surface area (Å²) >= 11 is 0. The van der Waals surface area contributed by atoms with Crippen molar-refractivity contribution in [3.8, 4) is 0 Å². The molecule has 0 radical (unpaired) electrons. The Hall–Kier alpha value is -1.51. The second-order valence-corrected chi connectivity index (χ2v) is 8.97. The van der Waals surface area contributed by atoms with Gasteiger partial charge in [0.25, 0.3) is 0 Å². The van der Waals surface area contributed by atoms with Crippen LogP contribution >= 0.6 is 0 Å². The molecule has 0 heterocycles. The lowest BCUT2D eigenvalue weighted by Crippen LogP contribution is -2.47. The van der Waals surface area contributed by atoms with Crippen LogP contribution in [0, 0.1) is 11.8 Å². The molecule has 2 amide bonds. The lowest BCUT2D eigenvalue weighted by Gasteiger charge is -2.41. The van der Waals surface area contributed by atoms with Gasteiger partial charge in [-0.3, -0.25) is 0 Å². The predicted octanol–water partition coefficient (Wildman–Crippen LogP) is 6.41. The first-order chi connectivity index (χ1) is 12.5. The number of para-hydroxylation sites is 1. The summed E-state index contributed by atoms with van der Waals surface area (Å²) in [7, 11) is 0. The molecule has 1 aromatic carbocycles. The van der Waals surface area contributed by atoms with E-state index in [4.69, 9.17) is 0 Å². The molecule has 0 spiro atoms. The van der Waals surface area contributed by atoms with E-state index in [2.05, 4.69) is 56.5 Å². The third kappa shape index (κ3) is 4.24. The van der Waals surface area contributed by atoms with Crippen molar-refractivity contribution < 1.29 is 4.79 Å². The summed E-state index contributed by atoms with van der Waals surface area (Å²) in [6.07, 6.45) is 9.10. The van der Waals surface area contributed by atoms with E-state index >= 15 is 0 Å². The van der Waals surface area contributed by atoms with E-state index in [9.17, 15) is 4.79 Å². The second-order valence-electron chi connectivity index (χ2n) is 8.97. The minimum Gasteiger partial charge on any atom is -0.335 e. The molecule has 0 bridgehead atoms. The smallest absolute Gasteiger partial charge is 0.319 e. The highest BCUT2D eigenvalue weighted by atomic mass is 16.2. The average molecular weight is 357 g/mol. The highest BCUT2D eigenvalue weighted by Gasteiger charge is 2.35. The normalized spacial score (nSPS) is 25.8. The molecule has 3 atom stereocenters. The zero-order valence-electron chi connectivity index (χ0n) is 17.0. The van der Waals surface area contributed by atoms with E-state index in [0.717, 1.165) is 18.0 Å². The first-order valence-electron chi connectivity index (χ1n) is 10.7. The van der Waals surface area contributed by atoms with Crippen molar-refractivity contribution in [1.82, 2.24) is 5.32 Å². The van der Waals surface area contributed by atoms with Crippen molar-refractivity contribution in [2.24, 2.45) is 11.8 Å². The molecule has 3 heteroatoms. The van der Waals surface area contributed by atoms with Crippen molar-refractivity contribution in [1.29, 1.82) is 0 Å². The summed E-state index contributed by atoms with van der Waals surface area (Å²) in [6, 6.07) is 6.73. The van der Waals surface area contributed by atoms with Crippen molar-refractivity contribution in [2.45, 2.75) is 90.5 Å². The van der Waals surface area contributed by atoms with Crippen LogP contribution in [-0.4, -0.2) is 12.1 Å². The van der Waals surface area contributed by atoms with Crippen LogP contribution in [-0.2, 0) is 0 Å². The van der Waals surface area contributed by atoms with Gasteiger partial charge in [0.1, 0.15) is 0 Å². The Bertz CT molecular complexity index is 594. The van der Waals surface area contributed by atoms with Gasteiger partial charge in [-0.2, -0.15) is 0 Å². The SMILES string of the molecule is CC(C)c1cccc(C(C)C)c1NC(=O)NC1CCCC2CCCCC21. The summed E-state index contributed by atoms with van der Waals surface area (Å²) in [6.45, 7) is 8.76. The third-order valence-electron chi connectivity index (χ3n) is 6.50. The number of hydrogen-bond acceptors (Lipinski definition) is 1. The number of amides is 2. The van der Waals surface area contributed by atoms with Crippen LogP contribution in [0.15, 0.2) is 18.2 Å². The number of hydrogen-bond donors (Lipinski definition) is 2. The Balaban J connectivity index is 1.73. The van der Waals surface area contributed by atoms with Gasteiger partial charge in [0.2, 0.25) is 0 Å². The maximum atomic E-state index is 12.9. The van der Waals surface area contributed by atoms with Crippen LogP contribution in [0.1, 0.15) is 95.6 Å². The minimum absolute atomic E-state index is 0.0174. The summed E-state index contributed by atoms with van der Waals surface area (Å²) in [5.74, 6) is 2.30. The number of fused-ring (bicyclic) bond motifs is 1. The molecule has 3 unspecified atom stereocenters. The van der Waals surface area contributed by atoms with Gasteiger partial charge in [0, 0.05) is 11.7 Å². The highest BCUT2D eigenvalue weighted by molar-refractivity contribution is 5.91. The molecule has 2 saturated carbocycles. The highest BCUT2D eigenvalue weighted by Crippen LogP contribution is 2.40. The zero-order chi connectivity index (χ0) is 18.7. The van der Waals surface area contributed by atoms with E-state index in [0.29, 0.717) is 23.8 Å². The molecule has 26 heavy (non-hydrogen) atoms. The first kappa shape index (κ1) is 19.3. The number of benzene rings is 1. The van der Waals surface area contributed by atoms with Crippen LogP contribution in [0.25, 0.3) is 0 Å². The molecule has 2 fully saturated rings. The molecule has 144 valence electrons. The van der Waals surface area contributed by atoms with E-state index in [1.165, 1.54) is 49.7 Å². The van der Waals surface area contributed by atoms with Gasteiger partial charge in [0.05, 0.1) is 0 Å². The van der Waals surface area contributed by atoms with Crippen molar-refractivity contribution in [2.75, 3.05) is 5.32 Å². The number of urea groups is 1. The Labute approximate surface area is 159 Å². The van der Waals surface area contributed by atoms with Crippen LogP contribution < -0.4 is 10.6 Å². The van der Waals surface area contributed by atoms with E-state index in [-0.39, 0.29) is 6.03 Å². The number of carbonyl (C=O) groups excluding carboxylic acids is 1. The fourth-order valence-electron chi connectivity index (χ4n) is 5.13. The summed E-state index contributed by atoms with van der Waals surface area (Å²) in [4.78, 5) is 12.9. The fourth-order valence-corrected chi connectivity index (χ4v) is 5.13. The standard InChI is InChI=1S/C23H36N2O/c1-15(2)18-12-8-13-19(16(3)4)22(18)25-23(26)24-21-14-7-10-17-9-5-6-11-20(17)21/h8,12-13,15-17,20-21H,5-7,9-11,14H2,1-4H3,(H2,24,25,26). The molecule has 1 aromatic rings. The average Bonchev–Trinajstić information content (AvgIpc) is 2.61. The first-order valence-corrected chi connectivity index (χ1v) is 10.7. The lowest BCUT2D eigenvalue weighted by molar-refractivity contribution is 0.130. The monoisotopic (exact) mass is 356 g/mol. The zero-order valence-corrected chi connectivity index (χ0v) is 17.0. The van der Waals surface area contributed by atoms with Crippen LogP contribution in [0.5, 0.6) is 0 Å². The van der Waals surface area contributed by atoms with Crippen LogP contribution in [0.4, 0.5) is 10.5 Å². The summed E-state index contributed by atoms with van der Waals surface area (Å²) in [5.41, 5.74) is 3.47. The number of rotatable bonds is 4. The van der Waals surface area contributed by atoms with Gasteiger partial charge in [-0.1, -0.05) is 78.0 Å². The van der Waals surface area contributed by atoms with E-state index in [1.807, 2.05) is 0 Å². The molecule has 2 aliphatic carbocycles. The Kier molecular flexibility index (Phi) is 6.26.